The molecule has 4 heterocycles. The van der Waals surface area contributed by atoms with Crippen LogP contribution in [-0.2, 0) is 30.9 Å². The minimum absolute atomic E-state index is 0.378. The summed E-state index contributed by atoms with van der Waals surface area (Å²) in [4.78, 5) is 10.4. The highest BCUT2D eigenvalue weighted by atomic mass is 32.1. The molecule has 0 saturated heterocycles. The van der Waals surface area contributed by atoms with Crippen molar-refractivity contribution in [3.63, 3.8) is 0 Å². The van der Waals surface area contributed by atoms with Gasteiger partial charge in [0.05, 0.1) is 11.9 Å². The summed E-state index contributed by atoms with van der Waals surface area (Å²) in [6.45, 7) is 1.94. The lowest BCUT2D eigenvalue weighted by Gasteiger charge is -2.11. The number of aromatic nitrogens is 5. The molecule has 0 atom stereocenters. The van der Waals surface area contributed by atoms with E-state index in [4.69, 9.17) is 14.7 Å². The first-order valence-corrected chi connectivity index (χ1v) is 11.2. The van der Waals surface area contributed by atoms with Crippen LogP contribution in [0.15, 0.2) is 35.7 Å². The lowest BCUT2D eigenvalue weighted by Crippen LogP contribution is -2.12. The van der Waals surface area contributed by atoms with Crippen LogP contribution in [0.1, 0.15) is 36.7 Å². The summed E-state index contributed by atoms with van der Waals surface area (Å²) < 4.78 is 7.55. The number of aryl methyl sites for hydroxylation is 1. The largest absolute Gasteiger partial charge is 0.377 e. The van der Waals surface area contributed by atoms with Gasteiger partial charge in [0.15, 0.2) is 11.6 Å². The summed E-state index contributed by atoms with van der Waals surface area (Å²) in [5.41, 5.74) is 2.30. The second-order valence-electron chi connectivity index (χ2n) is 7.47. The van der Waals surface area contributed by atoms with Crippen LogP contribution in [0.4, 0.5) is 5.82 Å². The van der Waals surface area contributed by atoms with Gasteiger partial charge >= 0.3 is 0 Å². The Morgan fingerprint density at radius 1 is 1.10 bits per heavy atom. The Hall–Kier alpha value is -2.84. The first kappa shape index (κ1) is 19.1. The molecular weight excluding hydrogens is 396 g/mol. The van der Waals surface area contributed by atoms with Crippen LogP contribution in [0.2, 0.25) is 0 Å². The standard InChI is InChI=1S/C22H24N6OS/c1-29-13-17-24-21(23-12-19-27-26-18-10-6-3-7-11-28(18)19)20-16(14-30-22(20)25-17)15-8-4-2-5-9-15/h2,4-5,8-9,14H,3,6-7,10-13H2,1H3,(H,23,24,25). The lowest BCUT2D eigenvalue weighted by atomic mass is 10.1. The van der Waals surface area contributed by atoms with Crippen molar-refractivity contribution in [2.45, 2.75) is 45.4 Å². The highest BCUT2D eigenvalue weighted by Gasteiger charge is 2.18. The summed E-state index contributed by atoms with van der Waals surface area (Å²) in [6, 6.07) is 10.4. The summed E-state index contributed by atoms with van der Waals surface area (Å²) in [5, 5.41) is 15.6. The molecule has 1 aliphatic heterocycles. The predicted octanol–water partition coefficient (Wildman–Crippen LogP) is 4.43. The maximum absolute atomic E-state index is 5.29. The quantitative estimate of drug-likeness (QED) is 0.497. The van der Waals surface area contributed by atoms with E-state index in [1.54, 1.807) is 18.4 Å². The van der Waals surface area contributed by atoms with Crippen molar-refractivity contribution in [2.75, 3.05) is 12.4 Å². The van der Waals surface area contributed by atoms with Crippen molar-refractivity contribution in [1.82, 2.24) is 24.7 Å². The summed E-state index contributed by atoms with van der Waals surface area (Å²) in [7, 11) is 1.66. The molecule has 1 N–H and O–H groups in total. The van der Waals surface area contributed by atoms with E-state index in [9.17, 15) is 0 Å². The molecule has 3 aromatic heterocycles. The second kappa shape index (κ2) is 8.49. The number of nitrogens with one attached hydrogen (secondary N) is 1. The van der Waals surface area contributed by atoms with Gasteiger partial charge in [-0.2, -0.15) is 0 Å². The normalized spacial score (nSPS) is 13.9. The Labute approximate surface area is 179 Å². The van der Waals surface area contributed by atoms with Crippen molar-refractivity contribution in [3.8, 4) is 11.1 Å². The average molecular weight is 421 g/mol. The van der Waals surface area contributed by atoms with Gasteiger partial charge in [0.2, 0.25) is 0 Å². The molecule has 0 bridgehead atoms. The van der Waals surface area contributed by atoms with Crippen molar-refractivity contribution >= 4 is 27.4 Å². The molecule has 0 unspecified atom stereocenters. The van der Waals surface area contributed by atoms with Gasteiger partial charge in [-0.05, 0) is 18.4 Å². The molecule has 1 aliphatic rings. The third-order valence-electron chi connectivity index (χ3n) is 5.44. The zero-order valence-electron chi connectivity index (χ0n) is 17.0. The second-order valence-corrected chi connectivity index (χ2v) is 8.32. The van der Waals surface area contributed by atoms with Gasteiger partial charge in [0.25, 0.3) is 0 Å². The number of methoxy groups -OCH3 is 1. The summed E-state index contributed by atoms with van der Waals surface area (Å²) in [5.74, 6) is 3.55. The van der Waals surface area contributed by atoms with Crippen LogP contribution in [0.25, 0.3) is 21.3 Å². The molecule has 154 valence electrons. The Kier molecular flexibility index (Phi) is 5.42. The Morgan fingerprint density at radius 3 is 2.87 bits per heavy atom. The van der Waals surface area contributed by atoms with Crippen LogP contribution in [0.5, 0.6) is 0 Å². The minimum Gasteiger partial charge on any atom is -0.377 e. The van der Waals surface area contributed by atoms with E-state index < -0.39 is 0 Å². The van der Waals surface area contributed by atoms with Gasteiger partial charge in [-0.1, -0.05) is 36.8 Å². The Bertz CT molecular complexity index is 1150. The number of anilines is 1. The van der Waals surface area contributed by atoms with Gasteiger partial charge in [0.1, 0.15) is 23.1 Å². The predicted molar refractivity (Wildman–Crippen MR) is 118 cm³/mol. The average Bonchev–Trinajstić information content (AvgIpc) is 3.29. The smallest absolute Gasteiger partial charge is 0.158 e. The molecule has 0 amide bonds. The fourth-order valence-corrected chi connectivity index (χ4v) is 4.94. The number of benzene rings is 1. The fourth-order valence-electron chi connectivity index (χ4n) is 3.98. The van der Waals surface area contributed by atoms with Crippen molar-refractivity contribution in [1.29, 1.82) is 0 Å². The van der Waals surface area contributed by atoms with Gasteiger partial charge in [-0.15, -0.1) is 21.5 Å². The maximum Gasteiger partial charge on any atom is 0.158 e. The number of hydrogen-bond donors (Lipinski definition) is 1. The van der Waals surface area contributed by atoms with E-state index in [1.807, 2.05) is 6.07 Å². The molecule has 0 radical (unpaired) electrons. The van der Waals surface area contributed by atoms with Crippen LogP contribution >= 0.6 is 11.3 Å². The highest BCUT2D eigenvalue weighted by molar-refractivity contribution is 7.17. The molecule has 5 rings (SSSR count). The molecule has 7 nitrogen and oxygen atoms in total. The van der Waals surface area contributed by atoms with Gasteiger partial charge in [0, 0.05) is 31.0 Å². The van der Waals surface area contributed by atoms with Crippen LogP contribution in [-0.4, -0.2) is 31.8 Å². The number of fused-ring (bicyclic) bond motifs is 2. The third kappa shape index (κ3) is 3.68. The SMILES string of the molecule is COCc1nc(NCc2nnc3n2CCCCC3)c2c(-c3ccccc3)csc2n1. The monoisotopic (exact) mass is 420 g/mol. The van der Waals surface area contributed by atoms with Crippen molar-refractivity contribution < 1.29 is 4.74 Å². The fraction of sp³-hybridized carbons (Fsp3) is 0.364. The molecule has 0 aliphatic carbocycles. The van der Waals surface area contributed by atoms with Gasteiger partial charge < -0.3 is 14.6 Å². The van der Waals surface area contributed by atoms with Crippen molar-refractivity contribution in [3.05, 3.63) is 53.2 Å². The molecule has 1 aromatic carbocycles. The van der Waals surface area contributed by atoms with Crippen LogP contribution < -0.4 is 5.32 Å². The molecule has 0 spiro atoms. The van der Waals surface area contributed by atoms with E-state index in [0.29, 0.717) is 19.0 Å². The zero-order chi connectivity index (χ0) is 20.3. The highest BCUT2D eigenvalue weighted by Crippen LogP contribution is 2.37. The van der Waals surface area contributed by atoms with E-state index in [2.05, 4.69) is 49.7 Å². The van der Waals surface area contributed by atoms with Crippen LogP contribution in [0, 0.1) is 0 Å². The molecule has 0 fully saturated rings. The number of hydrogen-bond acceptors (Lipinski definition) is 7. The van der Waals surface area contributed by atoms with Gasteiger partial charge in [-0.25, -0.2) is 9.97 Å². The molecule has 30 heavy (non-hydrogen) atoms. The molecule has 0 saturated carbocycles. The number of rotatable bonds is 6. The number of nitrogens with zero attached hydrogens (tertiary/aromatic N) is 5. The van der Waals surface area contributed by atoms with Crippen LogP contribution in [0.3, 0.4) is 0 Å². The van der Waals surface area contributed by atoms with E-state index in [0.717, 1.165) is 51.8 Å². The summed E-state index contributed by atoms with van der Waals surface area (Å²) in [6.07, 6.45) is 4.62. The first-order valence-electron chi connectivity index (χ1n) is 10.3. The lowest BCUT2D eigenvalue weighted by molar-refractivity contribution is 0.178. The third-order valence-corrected chi connectivity index (χ3v) is 6.31. The summed E-state index contributed by atoms with van der Waals surface area (Å²) >= 11 is 1.63. The molecule has 4 aromatic rings. The van der Waals surface area contributed by atoms with E-state index in [1.165, 1.54) is 19.3 Å². The Balaban J connectivity index is 1.52. The molecular formula is C22H24N6OS. The minimum atomic E-state index is 0.378. The van der Waals surface area contributed by atoms with Gasteiger partial charge in [-0.3, -0.25) is 0 Å². The first-order chi connectivity index (χ1) is 14.8. The van der Waals surface area contributed by atoms with Crippen molar-refractivity contribution in [2.24, 2.45) is 0 Å². The topological polar surface area (TPSA) is 77.8 Å². The maximum atomic E-state index is 5.29. The molecule has 8 heteroatoms. The number of ether oxygens (including phenoxy) is 1. The zero-order valence-corrected chi connectivity index (χ0v) is 17.8. The number of thiophene rings is 1. The van der Waals surface area contributed by atoms with E-state index in [-0.39, 0.29) is 0 Å². The van der Waals surface area contributed by atoms with E-state index >= 15 is 0 Å². The Morgan fingerprint density at radius 2 is 2.00 bits per heavy atom.